The highest BCUT2D eigenvalue weighted by atomic mass is 16.3. The van der Waals surface area contributed by atoms with E-state index in [9.17, 15) is 9.90 Å². The van der Waals surface area contributed by atoms with E-state index in [4.69, 9.17) is 4.98 Å². The standard InChI is InChI=1S/C25H32N6O2/c1-4-18-7-8-31(14-18)25(33)29-21-6-5-16(2)22(11-21)19-9-23(20-12-26-27-13-20)30-24(10-19)28-17(3)15-32/h5-6,9-13,17-18,32H,4,7-8,14-15H2,1-3H3,(H,26,27)(H,28,30)(H,29,33)/t17-,18+/m0/s1. The quantitative estimate of drug-likeness (QED) is 0.426. The highest BCUT2D eigenvalue weighted by Crippen LogP contribution is 2.32. The SMILES string of the molecule is CC[C@@H]1CCN(C(=O)Nc2ccc(C)c(-c3cc(N[C@@H](C)CO)nc(-c4cn[nH]c4)c3)c2)C1. The number of H-pyrrole nitrogens is 1. The van der Waals surface area contributed by atoms with E-state index < -0.39 is 0 Å². The van der Waals surface area contributed by atoms with Gasteiger partial charge in [0.2, 0.25) is 0 Å². The van der Waals surface area contributed by atoms with Gasteiger partial charge in [0.25, 0.3) is 0 Å². The zero-order valence-corrected chi connectivity index (χ0v) is 19.4. The van der Waals surface area contributed by atoms with Crippen LogP contribution in [0, 0.1) is 12.8 Å². The summed E-state index contributed by atoms with van der Waals surface area (Å²) in [7, 11) is 0. The molecule has 1 aliphatic heterocycles. The first-order valence-electron chi connectivity index (χ1n) is 11.5. The summed E-state index contributed by atoms with van der Waals surface area (Å²) >= 11 is 0. The zero-order valence-electron chi connectivity index (χ0n) is 19.4. The number of aromatic amines is 1. The predicted octanol–water partition coefficient (Wildman–Crippen LogP) is 4.50. The Morgan fingerprint density at radius 3 is 2.85 bits per heavy atom. The average molecular weight is 449 g/mol. The minimum Gasteiger partial charge on any atom is -0.394 e. The van der Waals surface area contributed by atoms with Gasteiger partial charge in [0.15, 0.2) is 0 Å². The predicted molar refractivity (Wildman–Crippen MR) is 131 cm³/mol. The molecule has 33 heavy (non-hydrogen) atoms. The summed E-state index contributed by atoms with van der Waals surface area (Å²) in [5.74, 6) is 1.26. The Balaban J connectivity index is 1.64. The van der Waals surface area contributed by atoms with E-state index in [1.54, 1.807) is 12.4 Å². The number of hydrogen-bond donors (Lipinski definition) is 4. The molecule has 3 aromatic rings. The minimum absolute atomic E-state index is 0.00286. The molecule has 1 aromatic carbocycles. The molecule has 1 saturated heterocycles. The van der Waals surface area contributed by atoms with Crippen molar-refractivity contribution in [2.75, 3.05) is 30.3 Å². The summed E-state index contributed by atoms with van der Waals surface area (Å²) in [6, 6.07) is 9.77. The van der Waals surface area contributed by atoms with Crippen LogP contribution in [0.4, 0.5) is 16.3 Å². The molecule has 8 nitrogen and oxygen atoms in total. The van der Waals surface area contributed by atoms with E-state index in [1.807, 2.05) is 42.2 Å². The lowest BCUT2D eigenvalue weighted by Gasteiger charge is -2.19. The Bertz CT molecular complexity index is 1100. The number of aryl methyl sites for hydroxylation is 1. The molecule has 2 amide bonds. The molecule has 0 aliphatic carbocycles. The number of anilines is 2. The molecular formula is C25H32N6O2. The summed E-state index contributed by atoms with van der Waals surface area (Å²) in [5, 5.41) is 22.7. The largest absolute Gasteiger partial charge is 0.394 e. The van der Waals surface area contributed by atoms with Crippen molar-refractivity contribution in [2.24, 2.45) is 5.92 Å². The summed E-state index contributed by atoms with van der Waals surface area (Å²) in [5.41, 5.74) is 5.47. The average Bonchev–Trinajstić information content (AvgIpc) is 3.52. The molecule has 1 fully saturated rings. The number of rotatable bonds is 7. The number of aliphatic hydroxyl groups excluding tert-OH is 1. The van der Waals surface area contributed by atoms with Gasteiger partial charge in [0.1, 0.15) is 5.82 Å². The molecule has 3 heterocycles. The van der Waals surface area contributed by atoms with Crippen LogP contribution in [0.5, 0.6) is 0 Å². The van der Waals surface area contributed by atoms with Crippen molar-refractivity contribution >= 4 is 17.5 Å². The first kappa shape index (κ1) is 22.8. The van der Waals surface area contributed by atoms with Crippen molar-refractivity contribution in [3.05, 3.63) is 48.3 Å². The monoisotopic (exact) mass is 448 g/mol. The van der Waals surface area contributed by atoms with Crippen molar-refractivity contribution < 1.29 is 9.90 Å². The topological polar surface area (TPSA) is 106 Å². The summed E-state index contributed by atoms with van der Waals surface area (Å²) in [6.07, 6.45) is 5.70. The van der Waals surface area contributed by atoms with Gasteiger partial charge in [-0.25, -0.2) is 9.78 Å². The Morgan fingerprint density at radius 2 is 2.15 bits per heavy atom. The van der Waals surface area contributed by atoms with Gasteiger partial charge < -0.3 is 20.6 Å². The molecule has 8 heteroatoms. The van der Waals surface area contributed by atoms with Crippen molar-refractivity contribution in [3.8, 4) is 22.4 Å². The lowest BCUT2D eigenvalue weighted by atomic mass is 9.99. The van der Waals surface area contributed by atoms with Gasteiger partial charge in [-0.05, 0) is 67.1 Å². The number of carbonyl (C=O) groups excluding carboxylic acids is 1. The van der Waals surface area contributed by atoms with E-state index in [2.05, 4.69) is 34.7 Å². The lowest BCUT2D eigenvalue weighted by Crippen LogP contribution is -2.32. The fraction of sp³-hybridized carbons (Fsp3) is 0.400. The molecule has 1 aliphatic rings. The van der Waals surface area contributed by atoms with Gasteiger partial charge >= 0.3 is 6.03 Å². The Labute approximate surface area is 194 Å². The first-order chi connectivity index (χ1) is 16.0. The van der Waals surface area contributed by atoms with Crippen LogP contribution >= 0.6 is 0 Å². The summed E-state index contributed by atoms with van der Waals surface area (Å²) in [4.78, 5) is 19.4. The van der Waals surface area contributed by atoms with Crippen LogP contribution in [0.1, 0.15) is 32.3 Å². The number of aromatic nitrogens is 3. The van der Waals surface area contributed by atoms with Gasteiger partial charge in [0.05, 0.1) is 18.5 Å². The van der Waals surface area contributed by atoms with E-state index in [-0.39, 0.29) is 18.7 Å². The maximum atomic E-state index is 12.8. The number of benzene rings is 1. The van der Waals surface area contributed by atoms with Crippen molar-refractivity contribution in [2.45, 2.75) is 39.7 Å². The number of amides is 2. The van der Waals surface area contributed by atoms with Gasteiger partial charge in [-0.15, -0.1) is 0 Å². The second-order valence-corrected chi connectivity index (χ2v) is 8.81. The molecule has 0 unspecified atom stereocenters. The molecule has 2 atom stereocenters. The maximum Gasteiger partial charge on any atom is 0.321 e. The number of nitrogens with zero attached hydrogens (tertiary/aromatic N) is 3. The van der Waals surface area contributed by atoms with E-state index in [0.29, 0.717) is 11.7 Å². The van der Waals surface area contributed by atoms with Crippen molar-refractivity contribution in [1.82, 2.24) is 20.1 Å². The lowest BCUT2D eigenvalue weighted by molar-refractivity contribution is 0.220. The number of aliphatic hydroxyl groups is 1. The molecule has 0 radical (unpaired) electrons. The Morgan fingerprint density at radius 1 is 1.30 bits per heavy atom. The molecule has 4 N–H and O–H groups in total. The van der Waals surface area contributed by atoms with E-state index >= 15 is 0 Å². The van der Waals surface area contributed by atoms with Gasteiger partial charge in [0, 0.05) is 36.6 Å². The van der Waals surface area contributed by atoms with E-state index in [1.165, 1.54) is 0 Å². The number of carbonyl (C=O) groups is 1. The van der Waals surface area contributed by atoms with Crippen LogP contribution in [0.2, 0.25) is 0 Å². The molecule has 0 saturated carbocycles. The molecule has 4 rings (SSSR count). The zero-order chi connectivity index (χ0) is 23.4. The van der Waals surface area contributed by atoms with Crippen LogP contribution in [0.15, 0.2) is 42.7 Å². The molecule has 0 bridgehead atoms. The fourth-order valence-electron chi connectivity index (χ4n) is 4.16. The van der Waals surface area contributed by atoms with Gasteiger partial charge in [-0.3, -0.25) is 5.10 Å². The third-order valence-electron chi connectivity index (χ3n) is 6.24. The minimum atomic E-state index is -0.135. The normalized spacial score (nSPS) is 16.6. The number of likely N-dealkylation sites (tertiary alicyclic amines) is 1. The number of hydrogen-bond acceptors (Lipinski definition) is 5. The smallest absolute Gasteiger partial charge is 0.321 e. The van der Waals surface area contributed by atoms with Crippen LogP contribution in [-0.2, 0) is 0 Å². The Kier molecular flexibility index (Phi) is 6.93. The third-order valence-corrected chi connectivity index (χ3v) is 6.24. The van der Waals surface area contributed by atoms with Crippen molar-refractivity contribution in [1.29, 1.82) is 0 Å². The second-order valence-electron chi connectivity index (χ2n) is 8.81. The molecule has 0 spiro atoms. The fourth-order valence-corrected chi connectivity index (χ4v) is 4.16. The van der Waals surface area contributed by atoms with Gasteiger partial charge in [-0.2, -0.15) is 5.10 Å². The van der Waals surface area contributed by atoms with Gasteiger partial charge in [-0.1, -0.05) is 19.4 Å². The third kappa shape index (κ3) is 5.34. The summed E-state index contributed by atoms with van der Waals surface area (Å²) < 4.78 is 0. The maximum absolute atomic E-state index is 12.8. The number of pyridine rings is 1. The van der Waals surface area contributed by atoms with Crippen molar-refractivity contribution in [3.63, 3.8) is 0 Å². The molecular weight excluding hydrogens is 416 g/mol. The van der Waals surface area contributed by atoms with E-state index in [0.717, 1.165) is 59.6 Å². The number of nitrogens with one attached hydrogen (secondary N) is 3. The number of urea groups is 1. The van der Waals surface area contributed by atoms with Crippen LogP contribution in [0.25, 0.3) is 22.4 Å². The highest BCUT2D eigenvalue weighted by molar-refractivity contribution is 5.91. The van der Waals surface area contributed by atoms with Crippen LogP contribution in [-0.4, -0.2) is 57.0 Å². The van der Waals surface area contributed by atoms with Crippen LogP contribution < -0.4 is 10.6 Å². The summed E-state index contributed by atoms with van der Waals surface area (Å²) in [6.45, 7) is 7.75. The first-order valence-corrected chi connectivity index (χ1v) is 11.5. The molecule has 174 valence electrons. The second kappa shape index (κ2) is 10.0. The Hall–Kier alpha value is -3.39. The molecule has 2 aromatic heterocycles. The highest BCUT2D eigenvalue weighted by Gasteiger charge is 2.25. The van der Waals surface area contributed by atoms with Crippen LogP contribution in [0.3, 0.4) is 0 Å².